The summed E-state index contributed by atoms with van der Waals surface area (Å²) in [6.45, 7) is 2.40. The van der Waals surface area contributed by atoms with E-state index in [1.54, 1.807) is 19.1 Å². The second-order valence-electron chi connectivity index (χ2n) is 9.12. The molecule has 14 heteroatoms. The zero-order valence-electron chi connectivity index (χ0n) is 21.8. The van der Waals surface area contributed by atoms with Crippen LogP contribution in [-0.4, -0.2) is 61.2 Å². The maximum atomic E-state index is 13.1. The fourth-order valence-electron chi connectivity index (χ4n) is 4.24. The van der Waals surface area contributed by atoms with Crippen LogP contribution in [0.4, 0.5) is 5.82 Å². The van der Waals surface area contributed by atoms with Gasteiger partial charge in [-0.25, -0.2) is 24.5 Å². The van der Waals surface area contributed by atoms with Gasteiger partial charge in [-0.2, -0.15) is 0 Å². The Kier molecular flexibility index (Phi) is 7.89. The number of rotatable bonds is 10. The molecule has 1 amide bonds. The summed E-state index contributed by atoms with van der Waals surface area (Å²) in [6.07, 6.45) is 4.34. The number of methoxy groups -OCH3 is 1. The van der Waals surface area contributed by atoms with Gasteiger partial charge in [0.2, 0.25) is 0 Å². The monoisotopic (exact) mass is 611 g/mol. The number of nitrogens with one attached hydrogen (secondary N) is 1. The molecule has 5 rings (SSSR count). The molecule has 1 N–H and O–H groups in total. The van der Waals surface area contributed by atoms with Crippen LogP contribution in [0.1, 0.15) is 52.3 Å². The summed E-state index contributed by atoms with van der Waals surface area (Å²) in [5, 5.41) is 0. The maximum absolute atomic E-state index is 13.1. The Balaban J connectivity index is 1.31. The van der Waals surface area contributed by atoms with Crippen molar-refractivity contribution in [2.75, 3.05) is 25.2 Å². The van der Waals surface area contributed by atoms with Crippen molar-refractivity contribution in [3.05, 3.63) is 79.1 Å². The number of hydrogen-bond acceptors (Lipinski definition) is 9. The number of H-pyrrole nitrogens is 1. The Labute approximate surface area is 235 Å². The first-order valence-electron chi connectivity index (χ1n) is 12.6. The normalized spacial score (nSPS) is 13.0. The summed E-state index contributed by atoms with van der Waals surface area (Å²) in [6, 6.07) is 6.26. The summed E-state index contributed by atoms with van der Waals surface area (Å²) in [4.78, 5) is 68.6. The van der Waals surface area contributed by atoms with Crippen molar-refractivity contribution in [3.8, 4) is 0 Å². The van der Waals surface area contributed by atoms with E-state index in [9.17, 15) is 19.2 Å². The Hall–Kier alpha value is -4.17. The van der Waals surface area contributed by atoms with Gasteiger partial charge in [0.15, 0.2) is 5.65 Å². The molecule has 0 spiro atoms. The molecule has 0 unspecified atom stereocenters. The standard InChI is InChI=1S/C26H26BrN7O6/c1-3-32-22-21(24(36)34(26(32)38)17-6-7-17)30-19(31-22)14-40-25(37)16-5-9-20(29-13-16)33(10-11-39-2)23(35)15-4-8-18(27)28-12-15/h4-5,8-9,12-13,17H,3,6-7,10-11,14H2,1-2H3,(H,30,31). The summed E-state index contributed by atoms with van der Waals surface area (Å²) in [5.41, 5.74) is 0.140. The number of carbonyl (C=O) groups excluding carboxylic acids is 2. The minimum Gasteiger partial charge on any atom is -0.454 e. The number of pyridine rings is 2. The van der Waals surface area contributed by atoms with Gasteiger partial charge in [0.05, 0.1) is 24.3 Å². The smallest absolute Gasteiger partial charge is 0.340 e. The number of aromatic nitrogens is 6. The Morgan fingerprint density at radius 3 is 2.50 bits per heavy atom. The van der Waals surface area contributed by atoms with E-state index in [1.807, 2.05) is 0 Å². The molecule has 1 fully saturated rings. The quantitative estimate of drug-likeness (QED) is 0.210. The van der Waals surface area contributed by atoms with Crippen LogP contribution in [0, 0.1) is 0 Å². The topological polar surface area (TPSA) is 154 Å². The van der Waals surface area contributed by atoms with E-state index in [-0.39, 0.29) is 54.3 Å². The number of hydrogen-bond donors (Lipinski definition) is 1. The highest BCUT2D eigenvalue weighted by Gasteiger charge is 2.29. The number of aryl methyl sites for hydroxylation is 1. The zero-order chi connectivity index (χ0) is 28.4. The fourth-order valence-corrected chi connectivity index (χ4v) is 4.47. The largest absolute Gasteiger partial charge is 0.454 e. The molecular weight excluding hydrogens is 586 g/mol. The van der Waals surface area contributed by atoms with E-state index in [0.717, 1.165) is 12.8 Å². The van der Waals surface area contributed by atoms with E-state index >= 15 is 0 Å². The number of nitrogens with zero attached hydrogens (tertiary/aromatic N) is 6. The molecule has 0 bridgehead atoms. The lowest BCUT2D eigenvalue weighted by atomic mass is 10.2. The van der Waals surface area contributed by atoms with Gasteiger partial charge in [-0.15, -0.1) is 0 Å². The summed E-state index contributed by atoms with van der Waals surface area (Å²) in [7, 11) is 1.53. The summed E-state index contributed by atoms with van der Waals surface area (Å²) < 4.78 is 13.8. The van der Waals surface area contributed by atoms with Crippen molar-refractivity contribution < 1.29 is 19.1 Å². The van der Waals surface area contributed by atoms with Crippen LogP contribution in [0.15, 0.2) is 50.9 Å². The van der Waals surface area contributed by atoms with Crippen molar-refractivity contribution >= 4 is 44.8 Å². The van der Waals surface area contributed by atoms with Gasteiger partial charge in [0, 0.05) is 32.1 Å². The molecule has 0 aromatic carbocycles. The summed E-state index contributed by atoms with van der Waals surface area (Å²) >= 11 is 3.25. The molecule has 40 heavy (non-hydrogen) atoms. The third-order valence-corrected chi connectivity index (χ3v) is 6.90. The molecule has 0 radical (unpaired) electrons. The molecular formula is C26H26BrN7O6. The number of ether oxygens (including phenoxy) is 2. The number of anilines is 1. The highest BCUT2D eigenvalue weighted by molar-refractivity contribution is 9.10. The van der Waals surface area contributed by atoms with Crippen LogP contribution in [-0.2, 0) is 22.6 Å². The SMILES string of the molecule is CCn1c(=O)n(C2CC2)c(=O)c2[nH]c(COC(=O)c3ccc(N(CCOC)C(=O)c4ccc(Br)nc4)nc3)nc21. The molecule has 4 aromatic rings. The van der Waals surface area contributed by atoms with E-state index in [2.05, 4.69) is 35.9 Å². The first-order valence-corrected chi connectivity index (χ1v) is 13.4. The Morgan fingerprint density at radius 2 is 1.88 bits per heavy atom. The molecule has 13 nitrogen and oxygen atoms in total. The molecule has 1 aliphatic carbocycles. The van der Waals surface area contributed by atoms with Crippen molar-refractivity contribution in [2.24, 2.45) is 0 Å². The first kappa shape index (κ1) is 27.4. The zero-order valence-corrected chi connectivity index (χ0v) is 23.4. The van der Waals surface area contributed by atoms with Gasteiger partial charge in [-0.1, -0.05) is 0 Å². The number of fused-ring (bicyclic) bond motifs is 1. The van der Waals surface area contributed by atoms with E-state index < -0.39 is 17.2 Å². The predicted octanol–water partition coefficient (Wildman–Crippen LogP) is 2.44. The minimum atomic E-state index is -0.672. The first-order chi connectivity index (χ1) is 19.3. The van der Waals surface area contributed by atoms with Gasteiger partial charge < -0.3 is 14.5 Å². The number of imidazole rings is 1. The van der Waals surface area contributed by atoms with E-state index in [1.165, 1.54) is 45.7 Å². The van der Waals surface area contributed by atoms with Crippen LogP contribution in [0.25, 0.3) is 11.2 Å². The average Bonchev–Trinajstić information content (AvgIpc) is 3.70. The van der Waals surface area contributed by atoms with Crippen LogP contribution < -0.4 is 16.1 Å². The number of amides is 1. The molecule has 4 aromatic heterocycles. The molecule has 208 valence electrons. The van der Waals surface area contributed by atoms with Crippen molar-refractivity contribution in [2.45, 2.75) is 39.0 Å². The lowest BCUT2D eigenvalue weighted by molar-refractivity contribution is 0.0463. The second-order valence-corrected chi connectivity index (χ2v) is 9.93. The van der Waals surface area contributed by atoms with Crippen molar-refractivity contribution in [1.82, 2.24) is 29.1 Å². The second kappa shape index (κ2) is 11.5. The summed E-state index contributed by atoms with van der Waals surface area (Å²) in [5.74, 6) is -0.436. The molecule has 1 saturated carbocycles. The number of aromatic amines is 1. The third kappa shape index (κ3) is 5.45. The molecule has 0 aliphatic heterocycles. The van der Waals surface area contributed by atoms with Crippen molar-refractivity contribution in [3.63, 3.8) is 0 Å². The van der Waals surface area contributed by atoms with Gasteiger partial charge in [0.1, 0.15) is 28.4 Å². The lowest BCUT2D eigenvalue weighted by Gasteiger charge is -2.21. The fraction of sp³-hybridized carbons (Fsp3) is 0.346. The van der Waals surface area contributed by atoms with Crippen LogP contribution in [0.3, 0.4) is 0 Å². The highest BCUT2D eigenvalue weighted by atomic mass is 79.9. The third-order valence-electron chi connectivity index (χ3n) is 6.43. The predicted molar refractivity (Wildman–Crippen MR) is 147 cm³/mol. The molecule has 1 aliphatic rings. The molecule has 0 saturated heterocycles. The van der Waals surface area contributed by atoms with Crippen LogP contribution >= 0.6 is 15.9 Å². The van der Waals surface area contributed by atoms with Crippen molar-refractivity contribution in [1.29, 1.82) is 0 Å². The van der Waals surface area contributed by atoms with E-state index in [4.69, 9.17) is 9.47 Å². The minimum absolute atomic E-state index is 0.0884. The maximum Gasteiger partial charge on any atom is 0.340 e. The Bertz CT molecular complexity index is 1670. The van der Waals surface area contributed by atoms with Crippen LogP contribution in [0.2, 0.25) is 0 Å². The molecule has 4 heterocycles. The van der Waals surface area contributed by atoms with Gasteiger partial charge in [-0.05, 0) is 60.0 Å². The van der Waals surface area contributed by atoms with Gasteiger partial charge in [0.25, 0.3) is 11.5 Å². The average molecular weight is 612 g/mol. The van der Waals surface area contributed by atoms with Gasteiger partial charge >= 0.3 is 11.7 Å². The number of carbonyl (C=O) groups is 2. The molecule has 0 atom stereocenters. The van der Waals surface area contributed by atoms with E-state index in [0.29, 0.717) is 22.5 Å². The Morgan fingerprint density at radius 1 is 1.12 bits per heavy atom. The lowest BCUT2D eigenvalue weighted by Crippen LogP contribution is -2.39. The highest BCUT2D eigenvalue weighted by Crippen LogP contribution is 2.32. The number of esters is 1. The number of halogens is 1. The van der Waals surface area contributed by atoms with Gasteiger partial charge in [-0.3, -0.25) is 23.6 Å². The van der Waals surface area contributed by atoms with Crippen LogP contribution in [0.5, 0.6) is 0 Å².